The summed E-state index contributed by atoms with van der Waals surface area (Å²) in [6.07, 6.45) is 0.714. The third-order valence-corrected chi connectivity index (χ3v) is 3.56. The van der Waals surface area contributed by atoms with Crippen molar-refractivity contribution in [1.82, 2.24) is 0 Å². The molecule has 2 aromatic rings. The number of hydrogen-bond donors (Lipinski definition) is 0. The van der Waals surface area contributed by atoms with Crippen LogP contribution in [-0.4, -0.2) is 0 Å². The Morgan fingerprint density at radius 1 is 1.06 bits per heavy atom. The van der Waals surface area contributed by atoms with Crippen molar-refractivity contribution in [3.05, 3.63) is 69.2 Å². The van der Waals surface area contributed by atoms with Gasteiger partial charge in [0.25, 0.3) is 0 Å². The third kappa shape index (κ3) is 3.35. The van der Waals surface area contributed by atoms with Crippen LogP contribution in [0.4, 0.5) is 0 Å². The van der Waals surface area contributed by atoms with Gasteiger partial charge in [-0.15, -0.1) is 0 Å². The van der Waals surface area contributed by atoms with Crippen LogP contribution in [0.1, 0.15) is 17.0 Å². The molecule has 1 atom stereocenters. The van der Waals surface area contributed by atoms with Gasteiger partial charge in [-0.3, -0.25) is 0 Å². The van der Waals surface area contributed by atoms with Crippen molar-refractivity contribution in [2.75, 3.05) is 0 Å². The zero-order valence-corrected chi connectivity index (χ0v) is 11.9. The number of nitriles is 1. The standard InChI is InChI=1S/C15H11BrClN/c16-14-5-1-11(2-6-14)9-13(10-18)12-3-7-15(17)8-4-12/h1-8,13H,9H2. The molecule has 2 aromatic carbocycles. The molecule has 2 rings (SSSR count). The second kappa shape index (κ2) is 6.04. The summed E-state index contributed by atoms with van der Waals surface area (Å²) in [5.41, 5.74) is 2.16. The highest BCUT2D eigenvalue weighted by atomic mass is 79.9. The highest BCUT2D eigenvalue weighted by molar-refractivity contribution is 9.10. The molecule has 0 aliphatic heterocycles. The van der Waals surface area contributed by atoms with E-state index in [2.05, 4.69) is 22.0 Å². The van der Waals surface area contributed by atoms with Gasteiger partial charge < -0.3 is 0 Å². The molecular weight excluding hydrogens is 310 g/mol. The maximum Gasteiger partial charge on any atom is 0.0753 e. The SMILES string of the molecule is N#CC(Cc1ccc(Br)cc1)c1ccc(Cl)cc1. The summed E-state index contributed by atoms with van der Waals surface area (Å²) >= 11 is 9.25. The Labute approximate surface area is 120 Å². The van der Waals surface area contributed by atoms with Crippen LogP contribution in [0.25, 0.3) is 0 Å². The summed E-state index contributed by atoms with van der Waals surface area (Å²) in [6.45, 7) is 0. The van der Waals surface area contributed by atoms with Gasteiger partial charge in [-0.2, -0.15) is 5.26 Å². The van der Waals surface area contributed by atoms with Gasteiger partial charge in [-0.1, -0.05) is 51.8 Å². The maximum atomic E-state index is 9.27. The Hall–Kier alpha value is -1.30. The van der Waals surface area contributed by atoms with Crippen LogP contribution in [0.5, 0.6) is 0 Å². The van der Waals surface area contributed by atoms with E-state index in [1.807, 2.05) is 48.5 Å². The summed E-state index contributed by atoms with van der Waals surface area (Å²) in [4.78, 5) is 0. The van der Waals surface area contributed by atoms with Crippen LogP contribution in [0.15, 0.2) is 53.0 Å². The summed E-state index contributed by atoms with van der Waals surface area (Å²) in [5.74, 6) is -0.136. The van der Waals surface area contributed by atoms with Gasteiger partial charge >= 0.3 is 0 Å². The topological polar surface area (TPSA) is 23.8 Å². The van der Waals surface area contributed by atoms with E-state index in [0.29, 0.717) is 11.4 Å². The quantitative estimate of drug-likeness (QED) is 0.784. The second-order valence-electron chi connectivity index (χ2n) is 4.06. The van der Waals surface area contributed by atoms with E-state index in [0.717, 1.165) is 15.6 Å². The van der Waals surface area contributed by atoms with Crippen molar-refractivity contribution >= 4 is 27.5 Å². The zero-order valence-electron chi connectivity index (χ0n) is 9.61. The van der Waals surface area contributed by atoms with Gasteiger partial charge in [-0.05, 0) is 41.8 Å². The molecule has 3 heteroatoms. The van der Waals surface area contributed by atoms with Gasteiger partial charge in [0.05, 0.1) is 12.0 Å². The first-order valence-corrected chi connectivity index (χ1v) is 6.75. The fraction of sp³-hybridized carbons (Fsp3) is 0.133. The van der Waals surface area contributed by atoms with E-state index in [-0.39, 0.29) is 5.92 Å². The minimum Gasteiger partial charge on any atom is -0.198 e. The number of benzene rings is 2. The molecule has 0 spiro atoms. The molecule has 0 N–H and O–H groups in total. The Morgan fingerprint density at radius 2 is 1.67 bits per heavy atom. The number of nitrogens with zero attached hydrogens (tertiary/aromatic N) is 1. The molecule has 0 saturated carbocycles. The first kappa shape index (κ1) is 13.1. The maximum absolute atomic E-state index is 9.27. The highest BCUT2D eigenvalue weighted by Crippen LogP contribution is 2.23. The Morgan fingerprint density at radius 3 is 2.22 bits per heavy atom. The van der Waals surface area contributed by atoms with Crippen LogP contribution in [-0.2, 0) is 6.42 Å². The first-order chi connectivity index (χ1) is 8.69. The highest BCUT2D eigenvalue weighted by Gasteiger charge is 2.11. The van der Waals surface area contributed by atoms with Crippen LogP contribution in [0.3, 0.4) is 0 Å². The first-order valence-electron chi connectivity index (χ1n) is 5.58. The van der Waals surface area contributed by atoms with E-state index >= 15 is 0 Å². The minimum atomic E-state index is -0.136. The lowest BCUT2D eigenvalue weighted by molar-refractivity contribution is 0.849. The third-order valence-electron chi connectivity index (χ3n) is 2.78. The summed E-state index contributed by atoms with van der Waals surface area (Å²) in [7, 11) is 0. The van der Waals surface area contributed by atoms with Crippen molar-refractivity contribution in [3.63, 3.8) is 0 Å². The average Bonchev–Trinajstić information content (AvgIpc) is 2.39. The summed E-state index contributed by atoms with van der Waals surface area (Å²) in [5, 5.41) is 9.97. The largest absolute Gasteiger partial charge is 0.198 e. The molecule has 18 heavy (non-hydrogen) atoms. The molecule has 0 heterocycles. The molecule has 1 nitrogen and oxygen atoms in total. The van der Waals surface area contributed by atoms with Gasteiger partial charge in [0, 0.05) is 9.50 Å². The van der Waals surface area contributed by atoms with Crippen LogP contribution in [0.2, 0.25) is 5.02 Å². The minimum absolute atomic E-state index is 0.136. The van der Waals surface area contributed by atoms with Crippen molar-refractivity contribution < 1.29 is 0 Å². The van der Waals surface area contributed by atoms with Crippen molar-refractivity contribution in [2.24, 2.45) is 0 Å². The molecular formula is C15H11BrClN. The molecule has 90 valence electrons. The summed E-state index contributed by atoms with van der Waals surface area (Å²) in [6, 6.07) is 17.9. The summed E-state index contributed by atoms with van der Waals surface area (Å²) < 4.78 is 1.05. The Bertz CT molecular complexity index is 555. The molecule has 0 bridgehead atoms. The lowest BCUT2D eigenvalue weighted by Crippen LogP contribution is -2.00. The van der Waals surface area contributed by atoms with E-state index in [1.165, 1.54) is 0 Å². The smallest absolute Gasteiger partial charge is 0.0753 e. The van der Waals surface area contributed by atoms with Gasteiger partial charge in [-0.25, -0.2) is 0 Å². The predicted octanol–water partition coefficient (Wildman–Crippen LogP) is 4.95. The normalized spacial score (nSPS) is 11.8. The van der Waals surface area contributed by atoms with E-state index in [4.69, 9.17) is 11.6 Å². The molecule has 0 aromatic heterocycles. The van der Waals surface area contributed by atoms with Gasteiger partial charge in [0.1, 0.15) is 0 Å². The fourth-order valence-corrected chi connectivity index (χ4v) is 2.18. The van der Waals surface area contributed by atoms with Gasteiger partial charge in [0.15, 0.2) is 0 Å². The van der Waals surface area contributed by atoms with E-state index < -0.39 is 0 Å². The zero-order chi connectivity index (χ0) is 13.0. The van der Waals surface area contributed by atoms with Gasteiger partial charge in [0.2, 0.25) is 0 Å². The number of halogens is 2. The average molecular weight is 321 g/mol. The van der Waals surface area contributed by atoms with Crippen molar-refractivity contribution in [1.29, 1.82) is 5.26 Å². The van der Waals surface area contributed by atoms with Crippen LogP contribution < -0.4 is 0 Å². The lowest BCUT2D eigenvalue weighted by Gasteiger charge is -2.09. The van der Waals surface area contributed by atoms with Crippen LogP contribution >= 0.6 is 27.5 Å². The van der Waals surface area contributed by atoms with Crippen molar-refractivity contribution in [3.8, 4) is 6.07 Å². The number of hydrogen-bond acceptors (Lipinski definition) is 1. The monoisotopic (exact) mass is 319 g/mol. The molecule has 0 fully saturated rings. The predicted molar refractivity (Wildman–Crippen MR) is 77.7 cm³/mol. The Balaban J connectivity index is 2.17. The van der Waals surface area contributed by atoms with E-state index in [1.54, 1.807) is 0 Å². The van der Waals surface area contributed by atoms with Crippen LogP contribution in [0, 0.1) is 11.3 Å². The molecule has 0 aliphatic carbocycles. The molecule has 0 radical (unpaired) electrons. The van der Waals surface area contributed by atoms with Crippen molar-refractivity contribution in [2.45, 2.75) is 12.3 Å². The molecule has 0 saturated heterocycles. The number of rotatable bonds is 3. The second-order valence-corrected chi connectivity index (χ2v) is 5.42. The molecule has 0 amide bonds. The van der Waals surface area contributed by atoms with E-state index in [9.17, 15) is 5.26 Å². The Kier molecular flexibility index (Phi) is 4.41. The fourth-order valence-electron chi connectivity index (χ4n) is 1.79. The molecule has 0 aliphatic rings. The lowest BCUT2D eigenvalue weighted by atomic mass is 9.93. The molecule has 1 unspecified atom stereocenters.